The van der Waals surface area contributed by atoms with Crippen LogP contribution in [0.15, 0.2) is 36.4 Å². The van der Waals surface area contributed by atoms with Gasteiger partial charge in [-0.25, -0.2) is 0 Å². The smallest absolute Gasteiger partial charge is 0.227 e. The molecule has 0 atom stereocenters. The predicted molar refractivity (Wildman–Crippen MR) is 132 cm³/mol. The molecule has 2 aromatic rings. The first-order valence-electron chi connectivity index (χ1n) is 11.2. The molecule has 1 saturated heterocycles. The number of nitrogens with one attached hydrogen (secondary N) is 2. The number of anilines is 2. The van der Waals surface area contributed by atoms with E-state index in [2.05, 4.69) is 16.7 Å². The molecular formula is C25H31N3O3S. The lowest BCUT2D eigenvalue weighted by Crippen LogP contribution is -2.45. The van der Waals surface area contributed by atoms with Crippen LogP contribution in [0.25, 0.3) is 0 Å². The predicted octanol–water partition coefficient (Wildman–Crippen LogP) is 4.89. The number of nitrogens with zero attached hydrogens (tertiary/aromatic N) is 1. The number of thiocarbonyl (C=S) groups is 1. The van der Waals surface area contributed by atoms with Crippen molar-refractivity contribution >= 4 is 34.6 Å². The summed E-state index contributed by atoms with van der Waals surface area (Å²) >= 11 is 5.73. The van der Waals surface area contributed by atoms with E-state index in [1.165, 1.54) is 0 Å². The Morgan fingerprint density at radius 2 is 1.78 bits per heavy atom. The SMILES string of the molecule is COc1ccc(C2(NC(=S)Nc3ccc(C)c(N4CCCC4=O)c3)CCCC2)cc1OC. The van der Waals surface area contributed by atoms with Gasteiger partial charge in [0, 0.05) is 24.3 Å². The normalized spacial score (nSPS) is 17.3. The van der Waals surface area contributed by atoms with E-state index < -0.39 is 0 Å². The van der Waals surface area contributed by atoms with Crippen molar-refractivity contribution in [2.75, 3.05) is 31.0 Å². The number of aryl methyl sites for hydroxylation is 1. The van der Waals surface area contributed by atoms with E-state index >= 15 is 0 Å². The molecule has 1 amide bonds. The molecule has 0 unspecified atom stereocenters. The van der Waals surface area contributed by atoms with E-state index in [0.29, 0.717) is 17.3 Å². The molecule has 2 aromatic carbocycles. The summed E-state index contributed by atoms with van der Waals surface area (Å²) in [5.41, 5.74) is 3.81. The second-order valence-electron chi connectivity index (χ2n) is 8.59. The van der Waals surface area contributed by atoms with Gasteiger partial charge in [-0.05, 0) is 73.8 Å². The van der Waals surface area contributed by atoms with Crippen molar-refractivity contribution in [3.63, 3.8) is 0 Å². The molecule has 32 heavy (non-hydrogen) atoms. The summed E-state index contributed by atoms with van der Waals surface area (Å²) in [5, 5.41) is 7.52. The zero-order chi connectivity index (χ0) is 22.7. The van der Waals surface area contributed by atoms with Crippen molar-refractivity contribution < 1.29 is 14.3 Å². The quantitative estimate of drug-likeness (QED) is 0.607. The Morgan fingerprint density at radius 3 is 2.44 bits per heavy atom. The summed E-state index contributed by atoms with van der Waals surface area (Å²) < 4.78 is 10.9. The number of amides is 1. The summed E-state index contributed by atoms with van der Waals surface area (Å²) in [6, 6.07) is 12.1. The van der Waals surface area contributed by atoms with Crippen LogP contribution in [0.4, 0.5) is 11.4 Å². The fraction of sp³-hybridized carbons (Fsp3) is 0.440. The van der Waals surface area contributed by atoms with Crippen molar-refractivity contribution in [3.05, 3.63) is 47.5 Å². The van der Waals surface area contributed by atoms with Crippen LogP contribution >= 0.6 is 12.2 Å². The molecule has 1 aliphatic heterocycles. The van der Waals surface area contributed by atoms with E-state index in [0.717, 1.165) is 66.9 Å². The van der Waals surface area contributed by atoms with Gasteiger partial charge in [0.1, 0.15) is 0 Å². The molecule has 0 aromatic heterocycles. The van der Waals surface area contributed by atoms with Gasteiger partial charge < -0.3 is 25.0 Å². The van der Waals surface area contributed by atoms with Gasteiger partial charge in [-0.1, -0.05) is 25.0 Å². The Morgan fingerprint density at radius 1 is 1.03 bits per heavy atom. The van der Waals surface area contributed by atoms with Gasteiger partial charge in [0.05, 0.1) is 19.8 Å². The minimum absolute atomic E-state index is 0.185. The van der Waals surface area contributed by atoms with Crippen LogP contribution in [0.1, 0.15) is 49.7 Å². The molecule has 1 aliphatic carbocycles. The minimum Gasteiger partial charge on any atom is -0.493 e. The summed E-state index contributed by atoms with van der Waals surface area (Å²) in [7, 11) is 3.30. The van der Waals surface area contributed by atoms with Gasteiger partial charge in [0.25, 0.3) is 0 Å². The van der Waals surface area contributed by atoms with Crippen molar-refractivity contribution in [3.8, 4) is 11.5 Å². The summed E-state index contributed by atoms with van der Waals surface area (Å²) in [6.07, 6.45) is 5.78. The first kappa shape index (κ1) is 22.4. The number of carbonyl (C=O) groups excluding carboxylic acids is 1. The third-order valence-corrected chi connectivity index (χ3v) is 6.78. The van der Waals surface area contributed by atoms with Gasteiger partial charge in [0.15, 0.2) is 16.6 Å². The highest BCUT2D eigenvalue weighted by Crippen LogP contribution is 2.42. The molecule has 2 aliphatic rings. The number of carbonyl (C=O) groups is 1. The molecule has 2 fully saturated rings. The molecule has 4 rings (SSSR count). The average molecular weight is 454 g/mol. The molecule has 0 spiro atoms. The second-order valence-corrected chi connectivity index (χ2v) is 9.00. The molecule has 1 saturated carbocycles. The lowest BCUT2D eigenvalue weighted by molar-refractivity contribution is -0.117. The second kappa shape index (κ2) is 9.36. The highest BCUT2D eigenvalue weighted by molar-refractivity contribution is 7.80. The highest BCUT2D eigenvalue weighted by Gasteiger charge is 2.37. The first-order valence-corrected chi connectivity index (χ1v) is 11.6. The van der Waals surface area contributed by atoms with Crippen molar-refractivity contribution in [2.24, 2.45) is 0 Å². The minimum atomic E-state index is -0.248. The van der Waals surface area contributed by atoms with E-state index in [1.54, 1.807) is 14.2 Å². The maximum atomic E-state index is 12.2. The molecule has 2 N–H and O–H groups in total. The van der Waals surface area contributed by atoms with Gasteiger partial charge in [0.2, 0.25) is 5.91 Å². The number of rotatable bonds is 6. The van der Waals surface area contributed by atoms with Crippen molar-refractivity contribution in [1.82, 2.24) is 5.32 Å². The van der Waals surface area contributed by atoms with E-state index in [4.69, 9.17) is 21.7 Å². The van der Waals surface area contributed by atoms with Gasteiger partial charge in [-0.15, -0.1) is 0 Å². The number of benzene rings is 2. The Balaban J connectivity index is 1.54. The number of hydrogen-bond acceptors (Lipinski definition) is 4. The topological polar surface area (TPSA) is 62.8 Å². The largest absolute Gasteiger partial charge is 0.493 e. The molecule has 0 bridgehead atoms. The Labute approximate surface area is 195 Å². The fourth-order valence-corrected chi connectivity index (χ4v) is 5.17. The van der Waals surface area contributed by atoms with Crippen molar-refractivity contribution in [2.45, 2.75) is 51.0 Å². The average Bonchev–Trinajstić information content (AvgIpc) is 3.44. The fourth-order valence-electron chi connectivity index (χ4n) is 4.86. The maximum absolute atomic E-state index is 12.2. The number of hydrogen-bond donors (Lipinski definition) is 2. The number of methoxy groups -OCH3 is 2. The Hall–Kier alpha value is -2.80. The summed E-state index contributed by atoms with van der Waals surface area (Å²) in [4.78, 5) is 14.1. The Bertz CT molecular complexity index is 1020. The zero-order valence-electron chi connectivity index (χ0n) is 19.0. The van der Waals surface area contributed by atoms with Crippen molar-refractivity contribution in [1.29, 1.82) is 0 Å². The third-order valence-electron chi connectivity index (χ3n) is 6.58. The van der Waals surface area contributed by atoms with Crippen LogP contribution < -0.4 is 25.0 Å². The lowest BCUT2D eigenvalue weighted by atomic mass is 9.88. The van der Waals surface area contributed by atoms with Gasteiger partial charge in [-0.3, -0.25) is 4.79 Å². The van der Waals surface area contributed by atoms with Crippen LogP contribution in [0.5, 0.6) is 11.5 Å². The zero-order valence-corrected chi connectivity index (χ0v) is 19.8. The van der Waals surface area contributed by atoms with E-state index in [9.17, 15) is 4.79 Å². The lowest BCUT2D eigenvalue weighted by Gasteiger charge is -2.33. The molecule has 7 heteroatoms. The van der Waals surface area contributed by atoms with E-state index in [1.807, 2.05) is 42.2 Å². The standard InChI is InChI=1S/C25H31N3O3S/c1-17-8-10-19(16-20(17)28-14-6-7-23(28)29)26-24(32)27-25(12-4-5-13-25)18-9-11-21(30-2)22(15-18)31-3/h8-11,15-16H,4-7,12-14H2,1-3H3,(H2,26,27,32). The molecule has 1 heterocycles. The van der Waals surface area contributed by atoms with Gasteiger partial charge in [-0.2, -0.15) is 0 Å². The molecule has 170 valence electrons. The first-order chi connectivity index (χ1) is 15.5. The van der Waals surface area contributed by atoms with Crippen LogP contribution in [-0.2, 0) is 10.3 Å². The van der Waals surface area contributed by atoms with Gasteiger partial charge >= 0.3 is 0 Å². The van der Waals surface area contributed by atoms with E-state index in [-0.39, 0.29) is 11.4 Å². The highest BCUT2D eigenvalue weighted by atomic mass is 32.1. The van der Waals surface area contributed by atoms with Crippen LogP contribution in [0.3, 0.4) is 0 Å². The van der Waals surface area contributed by atoms with Crippen LogP contribution in [0, 0.1) is 6.92 Å². The summed E-state index contributed by atoms with van der Waals surface area (Å²) in [5.74, 6) is 1.62. The van der Waals surface area contributed by atoms with Crippen LogP contribution in [-0.4, -0.2) is 31.8 Å². The maximum Gasteiger partial charge on any atom is 0.227 e. The third kappa shape index (κ3) is 4.39. The monoisotopic (exact) mass is 453 g/mol. The molecular weight excluding hydrogens is 422 g/mol. The molecule has 6 nitrogen and oxygen atoms in total. The Kier molecular flexibility index (Phi) is 6.55. The summed E-state index contributed by atoms with van der Waals surface area (Å²) in [6.45, 7) is 2.81. The van der Waals surface area contributed by atoms with Crippen LogP contribution in [0.2, 0.25) is 0 Å². The molecule has 0 radical (unpaired) electrons. The number of ether oxygens (including phenoxy) is 2.